The molecule has 0 heterocycles. The van der Waals surface area contributed by atoms with Crippen molar-refractivity contribution >= 4 is 11.9 Å². The molecule has 0 saturated heterocycles. The van der Waals surface area contributed by atoms with E-state index in [1.807, 2.05) is 0 Å². The zero-order valence-electron chi connectivity index (χ0n) is 12.0. The number of ether oxygens (including phenoxy) is 1. The van der Waals surface area contributed by atoms with Crippen LogP contribution >= 0.6 is 0 Å². The lowest BCUT2D eigenvalue weighted by Gasteiger charge is -2.30. The van der Waals surface area contributed by atoms with Crippen LogP contribution in [0.2, 0.25) is 0 Å². The number of carbonyl (C=O) groups is 2. The average molecular weight is 274 g/mol. The SMILES string of the molecule is CC(C)(C)OC(=O)CCC(=O)NC(CN)(CN)CN. The normalized spacial score (nSPS) is 12.1. The van der Waals surface area contributed by atoms with Crippen LogP contribution in [0.25, 0.3) is 0 Å². The van der Waals surface area contributed by atoms with E-state index >= 15 is 0 Å². The van der Waals surface area contributed by atoms with Gasteiger partial charge in [0.15, 0.2) is 0 Å². The summed E-state index contributed by atoms with van der Waals surface area (Å²) in [6.45, 7) is 5.77. The lowest BCUT2D eigenvalue weighted by Crippen LogP contribution is -2.62. The number of hydrogen-bond donors (Lipinski definition) is 4. The van der Waals surface area contributed by atoms with E-state index in [2.05, 4.69) is 5.32 Å². The maximum atomic E-state index is 11.7. The molecule has 7 heteroatoms. The van der Waals surface area contributed by atoms with Gasteiger partial charge < -0.3 is 27.3 Å². The third kappa shape index (κ3) is 7.09. The maximum Gasteiger partial charge on any atom is 0.306 e. The number of nitrogens with one attached hydrogen (secondary N) is 1. The zero-order chi connectivity index (χ0) is 15.1. The second-order valence-electron chi connectivity index (χ2n) is 5.53. The first-order valence-corrected chi connectivity index (χ1v) is 6.31. The first-order valence-electron chi connectivity index (χ1n) is 6.31. The van der Waals surface area contributed by atoms with E-state index < -0.39 is 17.1 Å². The van der Waals surface area contributed by atoms with Gasteiger partial charge in [0, 0.05) is 26.1 Å². The molecule has 0 bridgehead atoms. The van der Waals surface area contributed by atoms with Crippen LogP contribution in [-0.2, 0) is 14.3 Å². The van der Waals surface area contributed by atoms with E-state index in [0.29, 0.717) is 0 Å². The molecular weight excluding hydrogens is 248 g/mol. The Hall–Kier alpha value is -1.18. The molecule has 112 valence electrons. The van der Waals surface area contributed by atoms with Gasteiger partial charge in [0.05, 0.1) is 12.0 Å². The monoisotopic (exact) mass is 274 g/mol. The summed E-state index contributed by atoms with van der Waals surface area (Å²) in [5, 5.41) is 2.68. The number of amides is 1. The van der Waals surface area contributed by atoms with Gasteiger partial charge in [-0.25, -0.2) is 0 Å². The van der Waals surface area contributed by atoms with Crippen molar-refractivity contribution in [3.8, 4) is 0 Å². The Labute approximate surface area is 114 Å². The van der Waals surface area contributed by atoms with Gasteiger partial charge in [0.1, 0.15) is 5.60 Å². The molecule has 0 aliphatic carbocycles. The fourth-order valence-electron chi connectivity index (χ4n) is 1.37. The third-order valence-corrected chi connectivity index (χ3v) is 2.55. The first kappa shape index (κ1) is 17.8. The maximum absolute atomic E-state index is 11.7. The van der Waals surface area contributed by atoms with Gasteiger partial charge in [-0.1, -0.05) is 0 Å². The van der Waals surface area contributed by atoms with Crippen LogP contribution in [-0.4, -0.2) is 42.7 Å². The molecule has 0 fully saturated rings. The molecule has 0 saturated carbocycles. The standard InChI is InChI=1S/C12H26N4O3/c1-11(2,3)19-10(18)5-4-9(17)16-12(6-13,7-14)8-15/h4-8,13-15H2,1-3H3,(H,16,17). The second-order valence-corrected chi connectivity index (χ2v) is 5.53. The highest BCUT2D eigenvalue weighted by molar-refractivity contribution is 5.82. The molecule has 0 rings (SSSR count). The molecular formula is C12H26N4O3. The van der Waals surface area contributed by atoms with Crippen molar-refractivity contribution in [1.29, 1.82) is 0 Å². The Balaban J connectivity index is 4.22. The van der Waals surface area contributed by atoms with Crippen LogP contribution < -0.4 is 22.5 Å². The number of rotatable bonds is 7. The molecule has 0 aromatic carbocycles. The van der Waals surface area contributed by atoms with Gasteiger partial charge in [0.2, 0.25) is 5.91 Å². The van der Waals surface area contributed by atoms with Crippen LogP contribution in [0.5, 0.6) is 0 Å². The Morgan fingerprint density at radius 1 is 1.00 bits per heavy atom. The molecule has 7 nitrogen and oxygen atoms in total. The lowest BCUT2D eigenvalue weighted by molar-refractivity contribution is -0.155. The smallest absolute Gasteiger partial charge is 0.306 e. The topological polar surface area (TPSA) is 133 Å². The molecule has 19 heavy (non-hydrogen) atoms. The summed E-state index contributed by atoms with van der Waals surface area (Å²) in [7, 11) is 0. The highest BCUT2D eigenvalue weighted by Crippen LogP contribution is 2.09. The van der Waals surface area contributed by atoms with E-state index in [-0.39, 0.29) is 38.4 Å². The molecule has 0 spiro atoms. The first-order chi connectivity index (χ1) is 8.68. The quantitative estimate of drug-likeness (QED) is 0.433. The lowest BCUT2D eigenvalue weighted by atomic mass is 10.00. The van der Waals surface area contributed by atoms with Gasteiger partial charge in [-0.15, -0.1) is 0 Å². The molecule has 1 amide bonds. The van der Waals surface area contributed by atoms with E-state index in [9.17, 15) is 9.59 Å². The minimum atomic E-state index is -0.801. The highest BCUT2D eigenvalue weighted by Gasteiger charge is 2.27. The minimum absolute atomic E-state index is 0.0128. The van der Waals surface area contributed by atoms with E-state index in [4.69, 9.17) is 21.9 Å². The Morgan fingerprint density at radius 2 is 1.47 bits per heavy atom. The van der Waals surface area contributed by atoms with Crippen molar-refractivity contribution in [3.05, 3.63) is 0 Å². The summed E-state index contributed by atoms with van der Waals surface area (Å²) in [5.41, 5.74) is 15.3. The molecule has 0 radical (unpaired) electrons. The molecule has 7 N–H and O–H groups in total. The molecule has 0 aromatic rings. The van der Waals surface area contributed by atoms with Gasteiger partial charge in [0.25, 0.3) is 0 Å². The number of hydrogen-bond acceptors (Lipinski definition) is 6. The number of esters is 1. The van der Waals surface area contributed by atoms with Crippen LogP contribution in [0.4, 0.5) is 0 Å². The van der Waals surface area contributed by atoms with E-state index in [0.717, 1.165) is 0 Å². The largest absolute Gasteiger partial charge is 0.460 e. The van der Waals surface area contributed by atoms with Crippen LogP contribution in [0.1, 0.15) is 33.6 Å². The van der Waals surface area contributed by atoms with Crippen molar-refractivity contribution in [1.82, 2.24) is 5.32 Å². The average Bonchev–Trinajstić information content (AvgIpc) is 2.31. The van der Waals surface area contributed by atoms with Gasteiger partial charge >= 0.3 is 5.97 Å². The predicted octanol–water partition coefficient (Wildman–Crippen LogP) is -1.16. The van der Waals surface area contributed by atoms with Crippen molar-refractivity contribution in [2.45, 2.75) is 44.8 Å². The van der Waals surface area contributed by atoms with Gasteiger partial charge in [-0.2, -0.15) is 0 Å². The van der Waals surface area contributed by atoms with Crippen molar-refractivity contribution in [3.63, 3.8) is 0 Å². The van der Waals surface area contributed by atoms with Crippen molar-refractivity contribution in [2.75, 3.05) is 19.6 Å². The highest BCUT2D eigenvalue weighted by atomic mass is 16.6. The van der Waals surface area contributed by atoms with Crippen LogP contribution in [0.15, 0.2) is 0 Å². The van der Waals surface area contributed by atoms with Crippen LogP contribution in [0.3, 0.4) is 0 Å². The fraction of sp³-hybridized carbons (Fsp3) is 0.833. The van der Waals surface area contributed by atoms with Gasteiger partial charge in [-0.05, 0) is 20.8 Å². The van der Waals surface area contributed by atoms with Gasteiger partial charge in [-0.3, -0.25) is 9.59 Å². The summed E-state index contributed by atoms with van der Waals surface area (Å²) in [6.07, 6.45) is 0.0373. The Bertz CT molecular complexity index is 300. The number of nitrogens with two attached hydrogens (primary N) is 3. The third-order valence-electron chi connectivity index (χ3n) is 2.55. The summed E-state index contributed by atoms with van der Waals surface area (Å²) in [6, 6.07) is 0. The fourth-order valence-corrected chi connectivity index (χ4v) is 1.37. The minimum Gasteiger partial charge on any atom is -0.460 e. The van der Waals surface area contributed by atoms with E-state index in [1.54, 1.807) is 20.8 Å². The summed E-state index contributed by atoms with van der Waals surface area (Å²) in [5.74, 6) is -0.728. The predicted molar refractivity (Wildman–Crippen MR) is 73.1 cm³/mol. The molecule has 0 aliphatic rings. The van der Waals surface area contributed by atoms with E-state index in [1.165, 1.54) is 0 Å². The molecule has 0 aliphatic heterocycles. The molecule has 0 aromatic heterocycles. The Morgan fingerprint density at radius 3 is 1.84 bits per heavy atom. The molecule has 0 atom stereocenters. The van der Waals surface area contributed by atoms with Crippen molar-refractivity contribution < 1.29 is 14.3 Å². The summed E-state index contributed by atoms with van der Waals surface area (Å²) >= 11 is 0. The summed E-state index contributed by atoms with van der Waals surface area (Å²) < 4.78 is 5.10. The second kappa shape index (κ2) is 7.42. The van der Waals surface area contributed by atoms with Crippen LogP contribution in [0, 0.1) is 0 Å². The molecule has 0 unspecified atom stereocenters. The zero-order valence-corrected chi connectivity index (χ0v) is 12.0. The summed E-state index contributed by atoms with van der Waals surface area (Å²) in [4.78, 5) is 23.2. The van der Waals surface area contributed by atoms with Crippen molar-refractivity contribution in [2.24, 2.45) is 17.2 Å². The number of carbonyl (C=O) groups excluding carboxylic acids is 2. The Kier molecular flexibility index (Phi) is 6.96.